The molecular weight excluding hydrogens is 76.9 g/mol. The van der Waals surface area contributed by atoms with Crippen LogP contribution in [0.15, 0.2) is 0 Å². The predicted molar refractivity (Wildman–Crippen MR) is 39.8 cm³/mol. The zero-order valence-electron chi connectivity index (χ0n) is 0.707. The van der Waals surface area contributed by atoms with E-state index in [2.05, 4.69) is 0 Å². The minimum absolute atomic E-state index is 0. The van der Waals surface area contributed by atoms with Gasteiger partial charge in [0, 0.05) is 0 Å². The van der Waals surface area contributed by atoms with Crippen molar-refractivity contribution in [1.29, 1.82) is 0 Å². The van der Waals surface area contributed by atoms with Crippen LogP contribution in [0, 0.1) is 0 Å². The summed E-state index contributed by atoms with van der Waals surface area (Å²) in [4.78, 5) is 0. The lowest BCUT2D eigenvalue weighted by atomic mass is 10.8. The molecule has 38 valence electrons. The Bertz CT molecular complexity index is 9.61. The Labute approximate surface area is 41.3 Å². The van der Waals surface area contributed by atoms with E-state index >= 15 is 0 Å². The van der Waals surface area contributed by atoms with Gasteiger partial charge in [-0.25, -0.2) is 0 Å². The van der Waals surface area contributed by atoms with Crippen LogP contribution in [0.4, 0.5) is 0 Å². The fourth-order valence-electron chi connectivity index (χ4n) is 0. The van der Waals surface area contributed by atoms with E-state index in [0.717, 1.165) is 0 Å². The molecule has 1 nitrogen and oxygen atoms in total. The molecule has 0 unspecified atom stereocenters. The molecule has 0 aliphatic carbocycles. The van der Waals surface area contributed by atoms with E-state index in [0.29, 0.717) is 0 Å². The first-order valence-electron chi connectivity index (χ1n) is 0. The summed E-state index contributed by atoms with van der Waals surface area (Å²) in [6.45, 7) is 0. The van der Waals surface area contributed by atoms with Gasteiger partial charge in [0.15, 0.2) is 0 Å². The zero-order chi connectivity index (χ0) is 0. The zero-order valence-corrected chi connectivity index (χ0v) is 0.707. The maximum absolute atomic E-state index is 0. The van der Waals surface area contributed by atoms with Crippen molar-refractivity contribution in [3.8, 4) is 0 Å². The lowest BCUT2D eigenvalue weighted by Gasteiger charge is -0.344. The average Bonchev–Trinajstić information content (AvgIpc) is 0. The van der Waals surface area contributed by atoms with Gasteiger partial charge in [-0.1, -0.05) is 14.9 Å². The van der Waals surface area contributed by atoms with Gasteiger partial charge in [-0.15, -0.1) is 0 Å². The highest BCUT2D eigenvalue weighted by molar-refractivity contribution is 5.76. The van der Waals surface area contributed by atoms with Crippen molar-refractivity contribution in [2.45, 2.75) is 14.9 Å². The summed E-state index contributed by atoms with van der Waals surface area (Å²) in [6.07, 6.45) is 0. The summed E-state index contributed by atoms with van der Waals surface area (Å²) >= 11 is 0. The molecule has 0 amide bonds. The van der Waals surface area contributed by atoms with Gasteiger partial charge in [0.05, 0.1) is 8.41 Å². The molecule has 0 heterocycles. The maximum Gasteiger partial charge on any atom is 0.0814 e. The molecule has 0 aliphatic heterocycles. The smallest absolute Gasteiger partial charge is 0.0814 e. The first kappa shape index (κ1) is 1610. The predicted octanol–water partition coefficient (Wildman–Crippen LogP) is -1.20. The third kappa shape index (κ3) is 365. The topological polar surface area (TPSA) is 35.0 Å². The summed E-state index contributed by atoms with van der Waals surface area (Å²) in [5.74, 6) is 0. The van der Waals surface area contributed by atoms with E-state index in [1.807, 2.05) is 0 Å². The van der Waals surface area contributed by atoms with Gasteiger partial charge in [-0.2, -0.15) is 0 Å². The molecule has 0 bridgehead atoms. The van der Waals surface area contributed by atoms with Gasteiger partial charge in [-0.05, 0) is 11.0 Å². The van der Waals surface area contributed by atoms with Crippen LogP contribution in [0.25, 0.3) is 0 Å². The molecule has 3 N–H and O–H groups in total. The summed E-state index contributed by atoms with van der Waals surface area (Å²) in [5, 5.41) is 0. The fraction of sp³-hybridized carbons (Fsp3) is 1.00. The molecule has 0 saturated carbocycles. The van der Waals surface area contributed by atoms with E-state index in [1.54, 1.807) is 0 Å². The van der Waals surface area contributed by atoms with Gasteiger partial charge in [0.2, 0.25) is 0 Å². The Hall–Kier alpha value is 0.242. The molecule has 0 aromatic carbocycles. The molecule has 0 spiro atoms. The molecule has 0 rings (SSSR count). The Kier molecular flexibility index (Phi) is 246000. The normalized spacial score (nSPS) is 0. The van der Waals surface area contributed by atoms with Gasteiger partial charge >= 0.3 is 0 Å². The lowest BCUT2D eigenvalue weighted by molar-refractivity contribution is 2.13. The molecule has 5 heavy (non-hydrogen) atoms. The van der Waals surface area contributed by atoms with Crippen LogP contribution in [0.2, 0.25) is 0 Å². The number of hydrogen-bond donors (Lipinski definition) is 1. The van der Waals surface area contributed by atoms with Crippen molar-refractivity contribution in [2.75, 3.05) is 0 Å². The van der Waals surface area contributed by atoms with E-state index in [4.69, 9.17) is 0 Å². The van der Waals surface area contributed by atoms with E-state index in [1.165, 1.54) is 0 Å². The van der Waals surface area contributed by atoms with E-state index < -0.39 is 0 Å². The van der Waals surface area contributed by atoms with Crippen LogP contribution in [-0.4, -0.2) is 19.4 Å². The second-order valence-corrected chi connectivity index (χ2v) is 0. The molecular formula is C2H18BNSi. The Morgan fingerprint density at radius 2 is 0.800 bits per heavy atom. The van der Waals surface area contributed by atoms with Crippen LogP contribution in [-0.2, 0) is 0 Å². The van der Waals surface area contributed by atoms with E-state index in [-0.39, 0.29) is 40.4 Å². The number of hydrogen-bond acceptors (Lipinski definition) is 1. The Balaban J connectivity index is 0. The molecule has 0 atom stereocenters. The van der Waals surface area contributed by atoms with Crippen molar-refractivity contribution in [3.63, 3.8) is 0 Å². The van der Waals surface area contributed by atoms with Gasteiger partial charge < -0.3 is 6.15 Å². The summed E-state index contributed by atoms with van der Waals surface area (Å²) < 4.78 is 0. The van der Waals surface area contributed by atoms with Crippen LogP contribution in [0.3, 0.4) is 0 Å². The summed E-state index contributed by atoms with van der Waals surface area (Å²) in [6, 6.07) is 0. The van der Waals surface area contributed by atoms with Crippen LogP contribution in [0.1, 0.15) is 14.9 Å². The SMILES string of the molecule is B.C.C.N.[SiH4]. The summed E-state index contributed by atoms with van der Waals surface area (Å²) in [7, 11) is 0. The molecule has 3 heteroatoms. The largest absolute Gasteiger partial charge is 0.344 e. The second-order valence-electron chi connectivity index (χ2n) is 0. The minimum atomic E-state index is 0. The standard InChI is InChI=1S/2CH4.BH3.H3N.H4Si/h2*1H4;2*1H3;1H4. The fourth-order valence-corrected chi connectivity index (χ4v) is 0. The summed E-state index contributed by atoms with van der Waals surface area (Å²) in [5.41, 5.74) is 0. The van der Waals surface area contributed by atoms with Crippen LogP contribution in [0.5, 0.6) is 0 Å². The first-order valence-corrected chi connectivity index (χ1v) is 0. The highest BCUT2D eigenvalue weighted by Crippen LogP contribution is 0.145. The average molecular weight is 95.1 g/mol. The molecule has 0 fully saturated rings. The Morgan fingerprint density at radius 3 is 0.800 bits per heavy atom. The molecule has 0 saturated heterocycles. The van der Waals surface area contributed by atoms with Crippen molar-refractivity contribution >= 4 is 19.4 Å². The Morgan fingerprint density at radius 1 is 0.800 bits per heavy atom. The monoisotopic (exact) mass is 95.1 g/mol. The van der Waals surface area contributed by atoms with Crippen molar-refractivity contribution in [1.82, 2.24) is 6.15 Å². The highest BCUT2D eigenvalue weighted by atomic mass is 28.1. The van der Waals surface area contributed by atoms with E-state index in [9.17, 15) is 0 Å². The van der Waals surface area contributed by atoms with Crippen LogP contribution >= 0.6 is 0 Å². The molecule has 0 aliphatic rings. The maximum atomic E-state index is 0. The van der Waals surface area contributed by atoms with Gasteiger partial charge in [0.25, 0.3) is 0 Å². The van der Waals surface area contributed by atoms with Crippen molar-refractivity contribution < 1.29 is 0 Å². The van der Waals surface area contributed by atoms with Crippen LogP contribution < -0.4 is 6.15 Å². The van der Waals surface area contributed by atoms with Crippen molar-refractivity contribution in [2.24, 2.45) is 0 Å². The van der Waals surface area contributed by atoms with Gasteiger partial charge in [-0.3, -0.25) is 0 Å². The third-order valence-corrected chi connectivity index (χ3v) is 0. The molecule has 0 aromatic heterocycles. The highest BCUT2D eigenvalue weighted by Gasteiger charge is 0.0814. The second kappa shape index (κ2) is 762. The molecule has 0 aromatic rings. The molecule has 0 radical (unpaired) electrons. The quantitative estimate of drug-likeness (QED) is 0.377. The first-order chi connectivity index (χ1) is 0. The number of rotatable bonds is 0. The third-order valence-electron chi connectivity index (χ3n) is 0. The van der Waals surface area contributed by atoms with Gasteiger partial charge in [0.1, 0.15) is 0 Å². The van der Waals surface area contributed by atoms with Crippen molar-refractivity contribution in [3.05, 3.63) is 0 Å². The lowest BCUT2D eigenvalue weighted by Crippen LogP contribution is -0.481. The minimum Gasteiger partial charge on any atom is -0.344 e.